The zero-order valence-electron chi connectivity index (χ0n) is 14.5. The van der Waals surface area contributed by atoms with Crippen molar-refractivity contribution in [1.82, 2.24) is 30.1 Å². The standard InChI is InChI=1S/C18H22N6O/c1-13-9-14(2)24(21-13)16-5-3-15(4-6-16)11-23-8-7-18(25,12-23)17-10-19-22-20-17/h3-6,9-10,25H,7-8,11-12H2,1-2H3,(H,19,20,22)/t18-/m0/s1. The minimum Gasteiger partial charge on any atom is -0.382 e. The van der Waals surface area contributed by atoms with Crippen LogP contribution in [0.1, 0.15) is 29.1 Å². The van der Waals surface area contributed by atoms with Crippen LogP contribution in [0.15, 0.2) is 36.5 Å². The molecule has 2 aromatic heterocycles. The number of rotatable bonds is 4. The first-order valence-corrected chi connectivity index (χ1v) is 8.47. The molecule has 1 aliphatic rings. The molecule has 1 aliphatic heterocycles. The Kier molecular flexibility index (Phi) is 3.89. The fourth-order valence-electron chi connectivity index (χ4n) is 3.53. The summed E-state index contributed by atoms with van der Waals surface area (Å²) >= 11 is 0. The molecule has 0 aliphatic carbocycles. The fraction of sp³-hybridized carbons (Fsp3) is 0.389. The van der Waals surface area contributed by atoms with Gasteiger partial charge in [0.25, 0.3) is 0 Å². The Morgan fingerprint density at radius 1 is 1.24 bits per heavy atom. The number of aromatic nitrogens is 5. The number of hydrogen-bond acceptors (Lipinski definition) is 5. The summed E-state index contributed by atoms with van der Waals surface area (Å²) in [6, 6.07) is 10.5. The Morgan fingerprint density at radius 3 is 2.68 bits per heavy atom. The van der Waals surface area contributed by atoms with E-state index in [4.69, 9.17) is 0 Å². The largest absolute Gasteiger partial charge is 0.382 e. The molecule has 25 heavy (non-hydrogen) atoms. The van der Waals surface area contributed by atoms with Crippen molar-refractivity contribution in [2.24, 2.45) is 0 Å². The van der Waals surface area contributed by atoms with Gasteiger partial charge in [-0.3, -0.25) is 4.90 Å². The summed E-state index contributed by atoms with van der Waals surface area (Å²) in [6.45, 7) is 6.27. The number of aliphatic hydroxyl groups is 1. The van der Waals surface area contributed by atoms with Gasteiger partial charge >= 0.3 is 0 Å². The summed E-state index contributed by atoms with van der Waals surface area (Å²) < 4.78 is 1.96. The summed E-state index contributed by atoms with van der Waals surface area (Å²) in [7, 11) is 0. The molecule has 7 heteroatoms. The van der Waals surface area contributed by atoms with Gasteiger partial charge in [0, 0.05) is 25.3 Å². The van der Waals surface area contributed by atoms with Crippen LogP contribution in [0.3, 0.4) is 0 Å². The number of β-amino-alcohol motifs (C(OH)–C–C–N with tert-alkyl or cyclic N) is 1. The van der Waals surface area contributed by atoms with E-state index in [-0.39, 0.29) is 0 Å². The molecule has 1 aromatic carbocycles. The predicted octanol–water partition coefficient (Wildman–Crippen LogP) is 1.70. The molecular weight excluding hydrogens is 316 g/mol. The maximum Gasteiger partial charge on any atom is 0.124 e. The molecular formula is C18H22N6O. The van der Waals surface area contributed by atoms with Crippen LogP contribution >= 0.6 is 0 Å². The van der Waals surface area contributed by atoms with E-state index in [1.807, 2.05) is 11.6 Å². The van der Waals surface area contributed by atoms with E-state index in [0.29, 0.717) is 18.7 Å². The third kappa shape index (κ3) is 3.08. The van der Waals surface area contributed by atoms with E-state index in [1.54, 1.807) is 6.20 Å². The second-order valence-electron chi connectivity index (χ2n) is 6.85. The Balaban J connectivity index is 1.45. The van der Waals surface area contributed by atoms with Crippen molar-refractivity contribution in [2.75, 3.05) is 13.1 Å². The van der Waals surface area contributed by atoms with Gasteiger partial charge in [-0.2, -0.15) is 20.5 Å². The summed E-state index contributed by atoms with van der Waals surface area (Å²) in [4.78, 5) is 2.24. The van der Waals surface area contributed by atoms with Crippen LogP contribution < -0.4 is 0 Å². The van der Waals surface area contributed by atoms with Crippen molar-refractivity contribution < 1.29 is 5.11 Å². The first-order valence-electron chi connectivity index (χ1n) is 8.47. The molecule has 130 valence electrons. The molecule has 2 N–H and O–H groups in total. The molecule has 0 unspecified atom stereocenters. The van der Waals surface area contributed by atoms with E-state index in [0.717, 1.165) is 30.2 Å². The molecule has 0 bridgehead atoms. The highest BCUT2D eigenvalue weighted by Gasteiger charge is 2.39. The van der Waals surface area contributed by atoms with Crippen LogP contribution in [-0.4, -0.2) is 48.3 Å². The second-order valence-corrected chi connectivity index (χ2v) is 6.85. The SMILES string of the molecule is Cc1cc(C)n(-c2ccc(CN3CC[C@@](O)(c4cn[nH]n4)C3)cc2)n1. The average molecular weight is 338 g/mol. The Bertz CT molecular complexity index is 854. The number of hydrogen-bond donors (Lipinski definition) is 2. The lowest BCUT2D eigenvalue weighted by molar-refractivity contribution is 0.0409. The van der Waals surface area contributed by atoms with Gasteiger partial charge < -0.3 is 5.11 Å². The average Bonchev–Trinajstić information content (AvgIpc) is 3.30. The van der Waals surface area contributed by atoms with Gasteiger partial charge in [0.05, 0.1) is 17.6 Å². The Hall–Kier alpha value is -2.51. The molecule has 4 rings (SSSR count). The summed E-state index contributed by atoms with van der Waals surface area (Å²) in [5, 5.41) is 25.7. The first-order chi connectivity index (χ1) is 12.0. The van der Waals surface area contributed by atoms with Gasteiger partial charge in [0.15, 0.2) is 0 Å². The van der Waals surface area contributed by atoms with Gasteiger partial charge in [0.1, 0.15) is 11.3 Å². The number of likely N-dealkylation sites (tertiary alicyclic amines) is 1. The van der Waals surface area contributed by atoms with Crippen molar-refractivity contribution in [3.63, 3.8) is 0 Å². The van der Waals surface area contributed by atoms with Crippen molar-refractivity contribution >= 4 is 0 Å². The minimum absolute atomic E-state index is 0.568. The molecule has 3 heterocycles. The summed E-state index contributed by atoms with van der Waals surface area (Å²) in [6.07, 6.45) is 2.27. The minimum atomic E-state index is -0.906. The molecule has 3 aromatic rings. The van der Waals surface area contributed by atoms with Crippen LogP contribution in [0.2, 0.25) is 0 Å². The molecule has 0 radical (unpaired) electrons. The number of aromatic amines is 1. The van der Waals surface area contributed by atoms with Crippen molar-refractivity contribution in [3.8, 4) is 5.69 Å². The van der Waals surface area contributed by atoms with Gasteiger partial charge in [-0.25, -0.2) is 4.68 Å². The van der Waals surface area contributed by atoms with Crippen LogP contribution in [0.5, 0.6) is 0 Å². The number of nitrogens with one attached hydrogen (secondary N) is 1. The number of aryl methyl sites for hydroxylation is 2. The number of nitrogens with zero attached hydrogens (tertiary/aromatic N) is 5. The summed E-state index contributed by atoms with van der Waals surface area (Å²) in [5.41, 5.74) is 4.14. The van der Waals surface area contributed by atoms with E-state index in [9.17, 15) is 5.11 Å². The normalized spacial score (nSPS) is 21.1. The molecule has 1 fully saturated rings. The zero-order valence-corrected chi connectivity index (χ0v) is 14.5. The Morgan fingerprint density at radius 2 is 2.04 bits per heavy atom. The summed E-state index contributed by atoms with van der Waals surface area (Å²) in [5.74, 6) is 0. The third-order valence-electron chi connectivity index (χ3n) is 4.82. The maximum atomic E-state index is 10.7. The van der Waals surface area contributed by atoms with Crippen molar-refractivity contribution in [3.05, 3.63) is 59.2 Å². The molecule has 7 nitrogen and oxygen atoms in total. The topological polar surface area (TPSA) is 82.9 Å². The molecule has 0 spiro atoms. The maximum absolute atomic E-state index is 10.7. The van der Waals surface area contributed by atoms with Gasteiger partial charge in [-0.05, 0) is 44.0 Å². The van der Waals surface area contributed by atoms with E-state index < -0.39 is 5.60 Å². The highest BCUT2D eigenvalue weighted by atomic mass is 16.3. The first kappa shape index (κ1) is 16.0. The molecule has 1 saturated heterocycles. The number of benzene rings is 1. The molecule has 0 saturated carbocycles. The second kappa shape index (κ2) is 6.09. The third-order valence-corrected chi connectivity index (χ3v) is 4.82. The van der Waals surface area contributed by atoms with Crippen molar-refractivity contribution in [2.45, 2.75) is 32.4 Å². The smallest absolute Gasteiger partial charge is 0.124 e. The van der Waals surface area contributed by atoms with E-state index >= 15 is 0 Å². The lowest BCUT2D eigenvalue weighted by atomic mass is 10.00. The lowest BCUT2D eigenvalue weighted by Gasteiger charge is -2.21. The van der Waals surface area contributed by atoms with Crippen LogP contribution in [0, 0.1) is 13.8 Å². The van der Waals surface area contributed by atoms with Gasteiger partial charge in [-0.15, -0.1) is 0 Å². The van der Waals surface area contributed by atoms with Gasteiger partial charge in [0.2, 0.25) is 0 Å². The highest BCUT2D eigenvalue weighted by molar-refractivity contribution is 5.36. The van der Waals surface area contributed by atoms with Crippen LogP contribution in [0.25, 0.3) is 5.69 Å². The monoisotopic (exact) mass is 338 g/mol. The highest BCUT2D eigenvalue weighted by Crippen LogP contribution is 2.31. The zero-order chi connectivity index (χ0) is 17.4. The lowest BCUT2D eigenvalue weighted by Crippen LogP contribution is -2.31. The van der Waals surface area contributed by atoms with E-state index in [2.05, 4.69) is 62.7 Å². The van der Waals surface area contributed by atoms with Crippen LogP contribution in [-0.2, 0) is 12.1 Å². The molecule has 1 atom stereocenters. The van der Waals surface area contributed by atoms with Gasteiger partial charge in [-0.1, -0.05) is 12.1 Å². The predicted molar refractivity (Wildman–Crippen MR) is 93.2 cm³/mol. The molecule has 0 amide bonds. The van der Waals surface area contributed by atoms with Crippen LogP contribution in [0.4, 0.5) is 0 Å². The van der Waals surface area contributed by atoms with Crippen molar-refractivity contribution in [1.29, 1.82) is 0 Å². The quantitative estimate of drug-likeness (QED) is 0.756. The Labute approximate surface area is 146 Å². The number of H-pyrrole nitrogens is 1. The van der Waals surface area contributed by atoms with E-state index in [1.165, 1.54) is 5.56 Å². The fourth-order valence-corrected chi connectivity index (χ4v) is 3.53.